The van der Waals surface area contributed by atoms with E-state index in [1.165, 1.54) is 0 Å². The van der Waals surface area contributed by atoms with Gasteiger partial charge in [0.15, 0.2) is 0 Å². The molecule has 0 spiro atoms. The predicted molar refractivity (Wildman–Crippen MR) is 68.1 cm³/mol. The van der Waals surface area contributed by atoms with Gasteiger partial charge in [0.25, 0.3) is 0 Å². The summed E-state index contributed by atoms with van der Waals surface area (Å²) in [5, 5.41) is 5.57. The Labute approximate surface area is 102 Å². The molecule has 0 atom stereocenters. The zero-order chi connectivity index (χ0) is 12.5. The highest BCUT2D eigenvalue weighted by molar-refractivity contribution is 5.73. The predicted octanol–water partition coefficient (Wildman–Crippen LogP) is 2.29. The largest absolute Gasteiger partial charge is 0.494 e. The number of benzene rings is 1. The highest BCUT2D eigenvalue weighted by atomic mass is 16.5. The van der Waals surface area contributed by atoms with Crippen molar-refractivity contribution in [1.82, 2.24) is 10.6 Å². The number of carbonyl (C=O) groups excluding carboxylic acids is 1. The van der Waals surface area contributed by atoms with Crippen LogP contribution in [-0.4, -0.2) is 19.2 Å². The SMILES string of the molecule is CCCNC(=O)NCc1ccccc1OCC. The van der Waals surface area contributed by atoms with Crippen molar-refractivity contribution in [2.45, 2.75) is 26.8 Å². The average Bonchev–Trinajstić information content (AvgIpc) is 2.35. The molecule has 0 fully saturated rings. The Morgan fingerprint density at radius 3 is 2.71 bits per heavy atom. The van der Waals surface area contributed by atoms with Gasteiger partial charge in [-0.1, -0.05) is 25.1 Å². The van der Waals surface area contributed by atoms with Gasteiger partial charge < -0.3 is 15.4 Å². The van der Waals surface area contributed by atoms with Crippen molar-refractivity contribution in [2.75, 3.05) is 13.2 Å². The molecule has 1 aromatic carbocycles. The fourth-order valence-corrected chi connectivity index (χ4v) is 1.42. The van der Waals surface area contributed by atoms with Crippen LogP contribution < -0.4 is 15.4 Å². The number of urea groups is 1. The van der Waals surface area contributed by atoms with E-state index in [1.807, 2.05) is 38.1 Å². The number of ether oxygens (including phenoxy) is 1. The number of nitrogens with one attached hydrogen (secondary N) is 2. The first-order chi connectivity index (χ1) is 8.27. The standard InChI is InChI=1S/C13H20N2O2/c1-3-9-14-13(16)15-10-11-7-5-6-8-12(11)17-4-2/h5-8H,3-4,9-10H2,1-2H3,(H2,14,15,16). The zero-order valence-corrected chi connectivity index (χ0v) is 10.5. The number of para-hydroxylation sites is 1. The van der Waals surface area contributed by atoms with Crippen LogP contribution in [0.3, 0.4) is 0 Å². The normalized spacial score (nSPS) is 9.76. The second-order valence-electron chi connectivity index (χ2n) is 3.65. The molecule has 94 valence electrons. The molecule has 0 saturated carbocycles. The number of rotatable bonds is 6. The van der Waals surface area contributed by atoms with Gasteiger partial charge in [0.05, 0.1) is 6.61 Å². The summed E-state index contributed by atoms with van der Waals surface area (Å²) in [6, 6.07) is 7.57. The molecule has 1 aromatic rings. The maximum Gasteiger partial charge on any atom is 0.315 e. The molecule has 1 rings (SSSR count). The number of carbonyl (C=O) groups is 1. The van der Waals surface area contributed by atoms with Crippen molar-refractivity contribution < 1.29 is 9.53 Å². The topological polar surface area (TPSA) is 50.4 Å². The number of amides is 2. The van der Waals surface area contributed by atoms with E-state index < -0.39 is 0 Å². The first-order valence-corrected chi connectivity index (χ1v) is 6.00. The van der Waals surface area contributed by atoms with Crippen LogP contribution in [0.4, 0.5) is 4.79 Å². The monoisotopic (exact) mass is 236 g/mol. The minimum absolute atomic E-state index is 0.141. The summed E-state index contributed by atoms with van der Waals surface area (Å²) in [6.07, 6.45) is 0.933. The second kappa shape index (κ2) is 7.54. The van der Waals surface area contributed by atoms with Crippen LogP contribution in [-0.2, 0) is 6.54 Å². The molecule has 4 heteroatoms. The van der Waals surface area contributed by atoms with Gasteiger partial charge in [-0.15, -0.1) is 0 Å². The Balaban J connectivity index is 2.47. The minimum atomic E-state index is -0.141. The molecular formula is C13H20N2O2. The second-order valence-corrected chi connectivity index (χ2v) is 3.65. The maximum atomic E-state index is 11.4. The summed E-state index contributed by atoms with van der Waals surface area (Å²) < 4.78 is 5.48. The van der Waals surface area contributed by atoms with Crippen LogP contribution in [0.2, 0.25) is 0 Å². The van der Waals surface area contributed by atoms with Gasteiger partial charge in [0, 0.05) is 18.7 Å². The summed E-state index contributed by atoms with van der Waals surface area (Å²) in [6.45, 7) is 5.76. The zero-order valence-electron chi connectivity index (χ0n) is 10.5. The molecule has 0 aliphatic rings. The highest BCUT2D eigenvalue weighted by Crippen LogP contribution is 2.17. The molecule has 0 saturated heterocycles. The molecule has 2 amide bonds. The summed E-state index contributed by atoms with van der Waals surface area (Å²) in [5.74, 6) is 0.825. The van der Waals surface area contributed by atoms with E-state index in [2.05, 4.69) is 10.6 Å². The Hall–Kier alpha value is -1.71. The first-order valence-electron chi connectivity index (χ1n) is 6.00. The Kier molecular flexibility index (Phi) is 5.93. The van der Waals surface area contributed by atoms with Gasteiger partial charge in [-0.25, -0.2) is 4.79 Å². The van der Waals surface area contributed by atoms with E-state index in [4.69, 9.17) is 4.74 Å². The highest BCUT2D eigenvalue weighted by Gasteiger charge is 2.04. The number of hydrogen-bond acceptors (Lipinski definition) is 2. The van der Waals surface area contributed by atoms with Gasteiger partial charge in [0.1, 0.15) is 5.75 Å². The van der Waals surface area contributed by atoms with E-state index in [0.717, 1.165) is 17.7 Å². The Morgan fingerprint density at radius 1 is 1.24 bits per heavy atom. The van der Waals surface area contributed by atoms with E-state index in [0.29, 0.717) is 19.7 Å². The smallest absolute Gasteiger partial charge is 0.315 e. The van der Waals surface area contributed by atoms with Crippen LogP contribution in [0.1, 0.15) is 25.8 Å². The van der Waals surface area contributed by atoms with Gasteiger partial charge in [-0.3, -0.25) is 0 Å². The van der Waals surface area contributed by atoms with E-state index in [9.17, 15) is 4.79 Å². The number of hydrogen-bond donors (Lipinski definition) is 2. The first kappa shape index (κ1) is 13.4. The lowest BCUT2D eigenvalue weighted by Gasteiger charge is -2.11. The molecule has 0 aliphatic carbocycles. The average molecular weight is 236 g/mol. The van der Waals surface area contributed by atoms with Crippen molar-refractivity contribution in [3.8, 4) is 5.75 Å². The lowest BCUT2D eigenvalue weighted by atomic mass is 10.2. The molecule has 0 aromatic heterocycles. The maximum absolute atomic E-state index is 11.4. The summed E-state index contributed by atoms with van der Waals surface area (Å²) in [7, 11) is 0. The van der Waals surface area contributed by atoms with Crippen molar-refractivity contribution in [3.05, 3.63) is 29.8 Å². The van der Waals surface area contributed by atoms with Gasteiger partial charge in [0.2, 0.25) is 0 Å². The van der Waals surface area contributed by atoms with E-state index in [1.54, 1.807) is 0 Å². The Morgan fingerprint density at radius 2 is 2.00 bits per heavy atom. The third-order valence-corrected chi connectivity index (χ3v) is 2.25. The molecule has 17 heavy (non-hydrogen) atoms. The fraction of sp³-hybridized carbons (Fsp3) is 0.462. The third-order valence-electron chi connectivity index (χ3n) is 2.25. The van der Waals surface area contributed by atoms with Crippen molar-refractivity contribution in [2.24, 2.45) is 0 Å². The van der Waals surface area contributed by atoms with E-state index >= 15 is 0 Å². The molecule has 0 radical (unpaired) electrons. The Bertz CT molecular complexity index is 353. The van der Waals surface area contributed by atoms with Crippen LogP contribution >= 0.6 is 0 Å². The summed E-state index contributed by atoms with van der Waals surface area (Å²) in [5.41, 5.74) is 0.987. The van der Waals surface area contributed by atoms with Crippen LogP contribution in [0.25, 0.3) is 0 Å². The summed E-state index contributed by atoms with van der Waals surface area (Å²) >= 11 is 0. The molecular weight excluding hydrogens is 216 g/mol. The fourth-order valence-electron chi connectivity index (χ4n) is 1.42. The molecule has 0 aliphatic heterocycles. The molecule has 2 N–H and O–H groups in total. The van der Waals surface area contributed by atoms with Gasteiger partial charge >= 0.3 is 6.03 Å². The molecule has 4 nitrogen and oxygen atoms in total. The van der Waals surface area contributed by atoms with Crippen LogP contribution in [0.5, 0.6) is 5.75 Å². The lowest BCUT2D eigenvalue weighted by molar-refractivity contribution is 0.240. The van der Waals surface area contributed by atoms with E-state index in [-0.39, 0.29) is 6.03 Å². The lowest BCUT2D eigenvalue weighted by Crippen LogP contribution is -2.35. The van der Waals surface area contributed by atoms with Crippen molar-refractivity contribution >= 4 is 6.03 Å². The molecule has 0 unspecified atom stereocenters. The third kappa shape index (κ3) is 4.76. The summed E-state index contributed by atoms with van der Waals surface area (Å²) in [4.78, 5) is 11.4. The quantitative estimate of drug-likeness (QED) is 0.796. The van der Waals surface area contributed by atoms with Crippen molar-refractivity contribution in [3.63, 3.8) is 0 Å². The van der Waals surface area contributed by atoms with Gasteiger partial charge in [-0.2, -0.15) is 0 Å². The van der Waals surface area contributed by atoms with Crippen molar-refractivity contribution in [1.29, 1.82) is 0 Å². The minimum Gasteiger partial charge on any atom is -0.494 e. The van der Waals surface area contributed by atoms with Gasteiger partial charge in [-0.05, 0) is 19.4 Å². The van der Waals surface area contributed by atoms with Crippen LogP contribution in [0, 0.1) is 0 Å². The molecule has 0 bridgehead atoms. The molecule has 0 heterocycles. The van der Waals surface area contributed by atoms with Crippen LogP contribution in [0.15, 0.2) is 24.3 Å².